The topological polar surface area (TPSA) is 84.7 Å². The quantitative estimate of drug-likeness (QED) is 0.265. The molecular formula is C26H33ClFN3O3. The van der Waals surface area contributed by atoms with Crippen LogP contribution in [0.1, 0.15) is 59.2 Å². The molecule has 0 aliphatic carbocycles. The average Bonchev–Trinajstić information content (AvgIpc) is 2.84. The maximum absolute atomic E-state index is 13.2. The predicted octanol–water partition coefficient (Wildman–Crippen LogP) is 4.96. The van der Waals surface area contributed by atoms with Gasteiger partial charge in [-0.15, -0.1) is 0 Å². The fraction of sp³-hybridized carbons (Fsp3) is 0.462. The number of carbonyl (C=O) groups excluding carboxylic acids is 2. The molecule has 184 valence electrons. The summed E-state index contributed by atoms with van der Waals surface area (Å²) in [4.78, 5) is 27.2. The largest absolute Gasteiger partial charge is 0.496 e. The number of halogens is 2. The number of nitrogen functional groups attached to an aromatic ring is 1. The minimum absolute atomic E-state index is 0.00113. The molecule has 0 bridgehead atoms. The van der Waals surface area contributed by atoms with Gasteiger partial charge in [-0.3, -0.25) is 9.59 Å². The first-order valence-electron chi connectivity index (χ1n) is 11.8. The first kappa shape index (κ1) is 26.0. The van der Waals surface area contributed by atoms with Crippen molar-refractivity contribution >= 4 is 29.0 Å². The molecule has 0 radical (unpaired) electrons. The van der Waals surface area contributed by atoms with Gasteiger partial charge in [0.1, 0.15) is 11.6 Å². The number of hydrogen-bond acceptors (Lipinski definition) is 5. The second-order valence-corrected chi connectivity index (χ2v) is 9.22. The number of nitrogens with zero attached hydrogens (tertiary/aromatic N) is 1. The zero-order valence-corrected chi connectivity index (χ0v) is 20.4. The monoisotopic (exact) mass is 489 g/mol. The van der Waals surface area contributed by atoms with E-state index in [0.717, 1.165) is 51.7 Å². The third-order valence-corrected chi connectivity index (χ3v) is 6.67. The molecule has 0 saturated carbocycles. The maximum atomic E-state index is 13.2. The SMILES string of the molecule is COc1cc(N)c(Cl)cc1C(=O)NCC1CCN(CCCCCC(=O)c2cccc(F)c2)CC1. The molecule has 3 rings (SSSR count). The van der Waals surface area contributed by atoms with Crippen LogP contribution in [-0.2, 0) is 0 Å². The number of methoxy groups -OCH3 is 1. The number of nitrogens with two attached hydrogens (primary N) is 1. The van der Waals surface area contributed by atoms with Gasteiger partial charge in [0.2, 0.25) is 0 Å². The number of nitrogens with one attached hydrogen (secondary N) is 1. The molecule has 34 heavy (non-hydrogen) atoms. The summed E-state index contributed by atoms with van der Waals surface area (Å²) in [7, 11) is 1.50. The Labute approximate surface area is 205 Å². The molecule has 1 amide bonds. The highest BCUT2D eigenvalue weighted by Gasteiger charge is 2.21. The third-order valence-electron chi connectivity index (χ3n) is 6.35. The normalized spacial score (nSPS) is 14.7. The molecular weight excluding hydrogens is 457 g/mol. The van der Waals surface area contributed by atoms with E-state index in [1.165, 1.54) is 19.2 Å². The predicted molar refractivity (Wildman–Crippen MR) is 133 cm³/mol. The smallest absolute Gasteiger partial charge is 0.255 e. The molecule has 6 nitrogen and oxygen atoms in total. The van der Waals surface area contributed by atoms with Crippen LogP contribution in [0.3, 0.4) is 0 Å². The average molecular weight is 490 g/mol. The van der Waals surface area contributed by atoms with Gasteiger partial charge in [-0.1, -0.05) is 30.2 Å². The van der Waals surface area contributed by atoms with Gasteiger partial charge in [-0.25, -0.2) is 4.39 Å². The van der Waals surface area contributed by atoms with E-state index in [2.05, 4.69) is 10.2 Å². The zero-order chi connectivity index (χ0) is 24.5. The summed E-state index contributed by atoms with van der Waals surface area (Å²) in [5.41, 5.74) is 7.00. The molecule has 2 aromatic rings. The Kier molecular flexibility index (Phi) is 9.72. The zero-order valence-electron chi connectivity index (χ0n) is 19.6. The molecule has 8 heteroatoms. The van der Waals surface area contributed by atoms with E-state index in [1.54, 1.807) is 24.3 Å². The number of amides is 1. The van der Waals surface area contributed by atoms with Crippen LogP contribution in [0.5, 0.6) is 5.75 Å². The number of benzene rings is 2. The lowest BCUT2D eigenvalue weighted by Gasteiger charge is -2.32. The van der Waals surface area contributed by atoms with E-state index in [9.17, 15) is 14.0 Å². The molecule has 1 aliphatic rings. The van der Waals surface area contributed by atoms with Gasteiger partial charge >= 0.3 is 0 Å². The summed E-state index contributed by atoms with van der Waals surface area (Å²) < 4.78 is 18.5. The molecule has 2 aromatic carbocycles. The molecule has 1 heterocycles. The molecule has 1 fully saturated rings. The lowest BCUT2D eigenvalue weighted by Crippen LogP contribution is -2.39. The summed E-state index contributed by atoms with van der Waals surface area (Å²) >= 11 is 6.07. The molecule has 0 unspecified atom stereocenters. The van der Waals surface area contributed by atoms with Crippen molar-refractivity contribution in [1.29, 1.82) is 0 Å². The lowest BCUT2D eigenvalue weighted by atomic mass is 9.96. The van der Waals surface area contributed by atoms with Crippen molar-refractivity contribution < 1.29 is 18.7 Å². The third kappa shape index (κ3) is 7.43. The summed E-state index contributed by atoms with van der Waals surface area (Å²) in [5.74, 6) is 0.254. The molecule has 1 saturated heterocycles. The molecule has 0 aromatic heterocycles. The summed E-state index contributed by atoms with van der Waals surface area (Å²) in [6, 6.07) is 8.99. The van der Waals surface area contributed by atoms with Crippen LogP contribution in [-0.4, -0.2) is 49.9 Å². The van der Waals surface area contributed by atoms with Gasteiger partial charge < -0.3 is 20.7 Å². The van der Waals surface area contributed by atoms with Crippen molar-refractivity contribution in [2.75, 3.05) is 39.0 Å². The Bertz CT molecular complexity index is 993. The fourth-order valence-electron chi connectivity index (χ4n) is 4.27. The van der Waals surface area contributed by atoms with Crippen LogP contribution >= 0.6 is 11.6 Å². The Hall–Kier alpha value is -2.64. The minimum Gasteiger partial charge on any atom is -0.496 e. The Morgan fingerprint density at radius 2 is 1.94 bits per heavy atom. The van der Waals surface area contributed by atoms with E-state index < -0.39 is 0 Å². The van der Waals surface area contributed by atoms with Crippen LogP contribution in [0.2, 0.25) is 5.02 Å². The summed E-state index contributed by atoms with van der Waals surface area (Å²) in [6.45, 7) is 3.62. The lowest BCUT2D eigenvalue weighted by molar-refractivity contribution is 0.0932. The Balaban J connectivity index is 1.31. The van der Waals surface area contributed by atoms with Crippen molar-refractivity contribution in [2.45, 2.75) is 38.5 Å². The molecule has 0 atom stereocenters. The highest BCUT2D eigenvalue weighted by Crippen LogP contribution is 2.29. The van der Waals surface area contributed by atoms with E-state index in [0.29, 0.717) is 46.5 Å². The van der Waals surface area contributed by atoms with Gasteiger partial charge in [0.25, 0.3) is 5.91 Å². The fourth-order valence-corrected chi connectivity index (χ4v) is 4.43. The van der Waals surface area contributed by atoms with E-state index in [4.69, 9.17) is 22.1 Å². The van der Waals surface area contributed by atoms with Gasteiger partial charge in [-0.05, 0) is 69.4 Å². The van der Waals surface area contributed by atoms with Gasteiger partial charge in [-0.2, -0.15) is 0 Å². The highest BCUT2D eigenvalue weighted by molar-refractivity contribution is 6.33. The maximum Gasteiger partial charge on any atom is 0.255 e. The molecule has 0 spiro atoms. The van der Waals surface area contributed by atoms with Gasteiger partial charge in [0.15, 0.2) is 5.78 Å². The number of unbranched alkanes of at least 4 members (excludes halogenated alkanes) is 2. The standard InChI is InChI=1S/C26H33ClFN3O3/c1-34-25-16-23(29)22(27)15-21(25)26(33)30-17-18-9-12-31(13-10-18)11-4-2-3-8-24(32)19-6-5-7-20(28)14-19/h5-7,14-16,18H,2-4,8-13,17,29H2,1H3,(H,30,33). The number of piperidine rings is 1. The number of hydrogen-bond donors (Lipinski definition) is 2. The van der Waals surface area contributed by atoms with Crippen LogP contribution in [0.25, 0.3) is 0 Å². The number of ketones is 1. The summed E-state index contributed by atoms with van der Waals surface area (Å²) in [5, 5.41) is 3.33. The second-order valence-electron chi connectivity index (χ2n) is 8.81. The highest BCUT2D eigenvalue weighted by atomic mass is 35.5. The van der Waals surface area contributed by atoms with Crippen LogP contribution in [0, 0.1) is 11.7 Å². The van der Waals surface area contributed by atoms with Crippen LogP contribution in [0.4, 0.5) is 10.1 Å². The molecule has 1 aliphatic heterocycles. The van der Waals surface area contributed by atoms with E-state index in [-0.39, 0.29) is 17.5 Å². The number of likely N-dealkylation sites (tertiary alicyclic amines) is 1. The molecule has 3 N–H and O–H groups in total. The first-order valence-corrected chi connectivity index (χ1v) is 12.2. The summed E-state index contributed by atoms with van der Waals surface area (Å²) in [6.07, 6.45) is 5.33. The Morgan fingerprint density at radius 3 is 2.65 bits per heavy atom. The van der Waals surface area contributed by atoms with Crippen molar-refractivity contribution in [3.05, 3.63) is 58.4 Å². The number of rotatable bonds is 11. The number of Topliss-reactive ketones (excluding diaryl/α,β-unsaturated/α-hetero) is 1. The minimum atomic E-state index is -0.372. The number of ether oxygens (including phenoxy) is 1. The van der Waals surface area contributed by atoms with Crippen LogP contribution in [0.15, 0.2) is 36.4 Å². The van der Waals surface area contributed by atoms with E-state index in [1.807, 2.05) is 0 Å². The Morgan fingerprint density at radius 1 is 1.18 bits per heavy atom. The van der Waals surface area contributed by atoms with Crippen molar-refractivity contribution in [1.82, 2.24) is 10.2 Å². The van der Waals surface area contributed by atoms with Crippen molar-refractivity contribution in [3.63, 3.8) is 0 Å². The van der Waals surface area contributed by atoms with Gasteiger partial charge in [0.05, 0.1) is 23.4 Å². The van der Waals surface area contributed by atoms with E-state index >= 15 is 0 Å². The van der Waals surface area contributed by atoms with Crippen molar-refractivity contribution in [3.8, 4) is 5.75 Å². The number of carbonyl (C=O) groups is 2. The van der Waals surface area contributed by atoms with Crippen molar-refractivity contribution in [2.24, 2.45) is 5.92 Å². The van der Waals surface area contributed by atoms with Gasteiger partial charge in [0, 0.05) is 24.6 Å². The number of anilines is 1. The second kappa shape index (κ2) is 12.7. The first-order chi connectivity index (χ1) is 16.4. The van der Waals surface area contributed by atoms with Crippen LogP contribution < -0.4 is 15.8 Å².